The van der Waals surface area contributed by atoms with Gasteiger partial charge in [0.1, 0.15) is 17.8 Å². The van der Waals surface area contributed by atoms with Crippen LogP contribution in [0, 0.1) is 0 Å². The Morgan fingerprint density at radius 3 is 2.09 bits per heavy atom. The maximum absolute atomic E-state index is 13.8. The maximum Gasteiger partial charge on any atom is 0.417 e. The van der Waals surface area contributed by atoms with Crippen LogP contribution in [0.4, 0.5) is 14.4 Å². The zero-order valence-corrected chi connectivity index (χ0v) is 28.5. The lowest BCUT2D eigenvalue weighted by molar-refractivity contribution is -0.131. The molecule has 1 heterocycles. The molecule has 4 amide bonds. The summed E-state index contributed by atoms with van der Waals surface area (Å²) in [5.74, 6) is -0.462. The van der Waals surface area contributed by atoms with Crippen LogP contribution in [0.2, 0.25) is 0 Å². The molecule has 0 aliphatic carbocycles. The van der Waals surface area contributed by atoms with Crippen molar-refractivity contribution in [2.45, 2.75) is 124 Å². The van der Waals surface area contributed by atoms with Crippen LogP contribution in [-0.2, 0) is 25.6 Å². The average Bonchev–Trinajstić information content (AvgIpc) is 2.95. The Morgan fingerprint density at radius 2 is 1.44 bits per heavy atom. The zero-order chi connectivity index (χ0) is 33.5. The van der Waals surface area contributed by atoms with Gasteiger partial charge in [-0.2, -0.15) is 0 Å². The number of unbranched alkanes of at least 4 members (excludes halogenated alkanes) is 3. The van der Waals surface area contributed by atoms with E-state index in [1.807, 2.05) is 63.3 Å². The summed E-state index contributed by atoms with van der Waals surface area (Å²) in [6.07, 6.45) is 7.53. The number of carbonyl (C=O) groups excluding carboxylic acids is 4. The lowest BCUT2D eigenvalue weighted by atomic mass is 10.1. The van der Waals surface area contributed by atoms with Gasteiger partial charge in [0.15, 0.2) is 0 Å². The van der Waals surface area contributed by atoms with Crippen LogP contribution < -0.4 is 0 Å². The molecule has 2 rings (SSSR count). The molecule has 10 heteroatoms. The fraction of sp³-hybridized carbons (Fsp3) is 0.657. The van der Waals surface area contributed by atoms with E-state index >= 15 is 0 Å². The first-order valence-electron chi connectivity index (χ1n) is 16.4. The Kier molecular flexibility index (Phi) is 15.4. The Balaban J connectivity index is 2.42. The van der Waals surface area contributed by atoms with Gasteiger partial charge in [0.2, 0.25) is 5.91 Å². The van der Waals surface area contributed by atoms with E-state index in [-0.39, 0.29) is 19.6 Å². The SMILES string of the molecule is CCCCC/C=C\C1CC(=O)N(C(=O)OC(C)(C)C)CCCN(C(=O)OC(C)(C)C)CCCCN1C(=O)OCc1ccccc1. The normalized spacial score (nSPS) is 17.7. The van der Waals surface area contributed by atoms with Crippen LogP contribution in [0.1, 0.15) is 105 Å². The van der Waals surface area contributed by atoms with Crippen LogP contribution >= 0.6 is 0 Å². The number of hydrogen-bond donors (Lipinski definition) is 0. The smallest absolute Gasteiger partial charge is 0.417 e. The fourth-order valence-electron chi connectivity index (χ4n) is 4.79. The highest BCUT2D eigenvalue weighted by molar-refractivity contribution is 5.92. The molecule has 252 valence electrons. The van der Waals surface area contributed by atoms with Gasteiger partial charge in [-0.1, -0.05) is 62.2 Å². The average molecular weight is 630 g/mol. The molecular formula is C35H55N3O7. The Bertz CT molecular complexity index is 1110. The molecule has 1 aromatic carbocycles. The van der Waals surface area contributed by atoms with Gasteiger partial charge in [-0.05, 0) is 79.2 Å². The van der Waals surface area contributed by atoms with E-state index in [1.54, 1.807) is 30.6 Å². The topological polar surface area (TPSA) is 106 Å². The van der Waals surface area contributed by atoms with Crippen molar-refractivity contribution >= 4 is 24.2 Å². The number of ether oxygens (including phenoxy) is 3. The summed E-state index contributed by atoms with van der Waals surface area (Å²) in [6.45, 7) is 13.9. The van der Waals surface area contributed by atoms with Gasteiger partial charge in [-0.3, -0.25) is 4.79 Å². The van der Waals surface area contributed by atoms with Gasteiger partial charge in [-0.15, -0.1) is 0 Å². The number of rotatable bonds is 7. The number of carbonyl (C=O) groups is 4. The van der Waals surface area contributed by atoms with E-state index in [2.05, 4.69) is 6.92 Å². The second-order valence-electron chi connectivity index (χ2n) is 13.5. The van der Waals surface area contributed by atoms with E-state index in [9.17, 15) is 19.2 Å². The molecule has 0 aromatic heterocycles. The van der Waals surface area contributed by atoms with E-state index < -0.39 is 41.4 Å². The van der Waals surface area contributed by atoms with Crippen molar-refractivity contribution in [2.24, 2.45) is 0 Å². The van der Waals surface area contributed by atoms with E-state index in [0.29, 0.717) is 38.9 Å². The minimum Gasteiger partial charge on any atom is -0.445 e. The van der Waals surface area contributed by atoms with Crippen molar-refractivity contribution in [3.63, 3.8) is 0 Å². The first-order chi connectivity index (χ1) is 21.2. The first-order valence-corrected chi connectivity index (χ1v) is 16.4. The lowest BCUT2D eigenvalue weighted by Gasteiger charge is -2.31. The minimum atomic E-state index is -0.813. The molecule has 1 aliphatic rings. The standard InChI is InChI=1S/C35H55N3O7/c1-8-9-10-11-15-21-29-26-30(39)38(33(42)45-35(5,6)7)25-18-23-36(31(40)44-34(2,3)4)22-16-17-24-37(29)32(41)43-27-28-19-13-12-14-20-28/h12-15,19-21,29H,8-11,16-18,22-27H2,1-7H3/b21-15-. The third-order valence-electron chi connectivity index (χ3n) is 7.01. The van der Waals surface area contributed by atoms with Crippen LogP contribution in [-0.4, -0.2) is 82.3 Å². The van der Waals surface area contributed by atoms with Crippen molar-refractivity contribution in [3.8, 4) is 0 Å². The molecule has 1 fully saturated rings. The molecule has 45 heavy (non-hydrogen) atoms. The molecule has 1 aliphatic heterocycles. The number of hydrogen-bond acceptors (Lipinski definition) is 7. The number of imide groups is 1. The van der Waals surface area contributed by atoms with Crippen LogP contribution in [0.3, 0.4) is 0 Å². The highest BCUT2D eigenvalue weighted by Gasteiger charge is 2.33. The largest absolute Gasteiger partial charge is 0.445 e. The summed E-state index contributed by atoms with van der Waals surface area (Å²) < 4.78 is 17.0. The van der Waals surface area contributed by atoms with E-state index in [1.165, 1.54) is 0 Å². The second kappa shape index (κ2) is 18.4. The second-order valence-corrected chi connectivity index (χ2v) is 13.5. The van der Waals surface area contributed by atoms with Gasteiger partial charge in [-0.25, -0.2) is 19.3 Å². The molecule has 0 spiro atoms. The van der Waals surface area contributed by atoms with Gasteiger partial charge >= 0.3 is 18.3 Å². The summed E-state index contributed by atoms with van der Waals surface area (Å²) in [5, 5.41) is 0. The van der Waals surface area contributed by atoms with Crippen molar-refractivity contribution in [2.75, 3.05) is 26.2 Å². The highest BCUT2D eigenvalue weighted by atomic mass is 16.6. The molecule has 1 saturated heterocycles. The van der Waals surface area contributed by atoms with Crippen molar-refractivity contribution in [1.29, 1.82) is 0 Å². The van der Waals surface area contributed by atoms with Crippen LogP contribution in [0.15, 0.2) is 42.5 Å². The summed E-state index contributed by atoms with van der Waals surface area (Å²) in [4.78, 5) is 58.0. The summed E-state index contributed by atoms with van der Waals surface area (Å²) in [5.41, 5.74) is -0.636. The number of nitrogens with zero attached hydrogens (tertiary/aromatic N) is 3. The molecule has 0 bridgehead atoms. The molecule has 10 nitrogen and oxygen atoms in total. The van der Waals surface area contributed by atoms with Crippen molar-refractivity contribution in [1.82, 2.24) is 14.7 Å². The molecule has 1 atom stereocenters. The first kappa shape index (κ1) is 37.6. The molecule has 1 aromatic rings. The third-order valence-corrected chi connectivity index (χ3v) is 7.01. The van der Waals surface area contributed by atoms with E-state index in [4.69, 9.17) is 14.2 Å². The lowest BCUT2D eigenvalue weighted by Crippen LogP contribution is -2.46. The summed E-state index contributed by atoms with van der Waals surface area (Å²) >= 11 is 0. The van der Waals surface area contributed by atoms with E-state index in [0.717, 1.165) is 36.1 Å². The van der Waals surface area contributed by atoms with Gasteiger partial charge < -0.3 is 24.0 Å². The highest BCUT2D eigenvalue weighted by Crippen LogP contribution is 2.19. The maximum atomic E-state index is 13.8. The monoisotopic (exact) mass is 629 g/mol. The molecular weight excluding hydrogens is 574 g/mol. The van der Waals surface area contributed by atoms with Crippen LogP contribution in [0.25, 0.3) is 0 Å². The minimum absolute atomic E-state index is 0.0540. The Hall–Kier alpha value is -3.56. The molecule has 0 N–H and O–H groups in total. The predicted molar refractivity (Wildman–Crippen MR) is 175 cm³/mol. The van der Waals surface area contributed by atoms with Crippen molar-refractivity contribution < 1.29 is 33.4 Å². The molecule has 0 radical (unpaired) electrons. The summed E-state index contributed by atoms with van der Waals surface area (Å²) in [7, 11) is 0. The molecule has 1 unspecified atom stereocenters. The number of allylic oxidation sites excluding steroid dienone is 1. The Morgan fingerprint density at radius 1 is 0.822 bits per heavy atom. The zero-order valence-electron chi connectivity index (χ0n) is 28.5. The van der Waals surface area contributed by atoms with Gasteiger partial charge in [0.05, 0.1) is 12.5 Å². The fourth-order valence-corrected chi connectivity index (χ4v) is 4.79. The van der Waals surface area contributed by atoms with Gasteiger partial charge in [0, 0.05) is 26.2 Å². The van der Waals surface area contributed by atoms with Crippen LogP contribution in [0.5, 0.6) is 0 Å². The molecule has 0 saturated carbocycles. The number of amides is 4. The summed E-state index contributed by atoms with van der Waals surface area (Å²) in [6, 6.07) is 8.79. The van der Waals surface area contributed by atoms with Gasteiger partial charge in [0.25, 0.3) is 0 Å². The Labute approximate surface area is 270 Å². The van der Waals surface area contributed by atoms with Crippen molar-refractivity contribution in [3.05, 3.63) is 48.0 Å². The third kappa shape index (κ3) is 14.8. The predicted octanol–water partition coefficient (Wildman–Crippen LogP) is 7.71. The number of benzene rings is 1. The quantitative estimate of drug-likeness (QED) is 0.173.